The van der Waals surface area contributed by atoms with Gasteiger partial charge in [-0.1, -0.05) is 13.0 Å². The van der Waals surface area contributed by atoms with Gasteiger partial charge in [-0.2, -0.15) is 0 Å². The molecule has 0 saturated carbocycles. The van der Waals surface area contributed by atoms with Crippen molar-refractivity contribution in [3.05, 3.63) is 22.4 Å². The van der Waals surface area contributed by atoms with Crippen molar-refractivity contribution in [2.24, 2.45) is 16.6 Å². The third-order valence-corrected chi connectivity index (χ3v) is 5.00. The molecule has 2 heterocycles. The van der Waals surface area contributed by atoms with Crippen molar-refractivity contribution in [2.45, 2.75) is 25.8 Å². The molecule has 0 aliphatic carbocycles. The number of guanidine groups is 1. The van der Waals surface area contributed by atoms with Gasteiger partial charge >= 0.3 is 0 Å². The number of hydrogen-bond acceptors (Lipinski definition) is 3. The number of rotatable bonds is 4. The fourth-order valence-corrected chi connectivity index (χ4v) is 3.42. The van der Waals surface area contributed by atoms with Gasteiger partial charge in [-0.25, -0.2) is 0 Å². The summed E-state index contributed by atoms with van der Waals surface area (Å²) < 4.78 is 0. The molecule has 1 aromatic rings. The first-order chi connectivity index (χ1) is 9.58. The minimum atomic E-state index is 0.317. The summed E-state index contributed by atoms with van der Waals surface area (Å²) in [6.45, 7) is 5.12. The van der Waals surface area contributed by atoms with E-state index in [9.17, 15) is 0 Å². The standard InChI is InChI=1S/C15H26N4S/c1-12-6-8-19(9-7-12)15(16)17-11-13(18(2)3)14-5-4-10-20-14/h4-5,10,12-13H,6-9,11H2,1-3H3,(H2,16,17). The molecule has 112 valence electrons. The van der Waals surface area contributed by atoms with E-state index in [-0.39, 0.29) is 0 Å². The van der Waals surface area contributed by atoms with Crippen molar-refractivity contribution in [2.75, 3.05) is 33.7 Å². The average Bonchev–Trinajstić information content (AvgIpc) is 2.93. The number of thiophene rings is 1. The van der Waals surface area contributed by atoms with Gasteiger partial charge in [0.15, 0.2) is 5.96 Å². The van der Waals surface area contributed by atoms with E-state index in [0.29, 0.717) is 12.0 Å². The molecule has 2 N–H and O–H groups in total. The van der Waals surface area contributed by atoms with Crippen LogP contribution in [0.15, 0.2) is 22.5 Å². The van der Waals surface area contributed by atoms with Crippen LogP contribution >= 0.6 is 11.3 Å². The monoisotopic (exact) mass is 294 g/mol. The predicted octanol–water partition coefficient (Wildman–Crippen LogP) is 2.40. The topological polar surface area (TPSA) is 44.9 Å². The predicted molar refractivity (Wildman–Crippen MR) is 87.2 cm³/mol. The van der Waals surface area contributed by atoms with Crippen LogP contribution in [0.2, 0.25) is 0 Å². The number of aliphatic imine (C=N–C) groups is 1. The average molecular weight is 294 g/mol. The van der Waals surface area contributed by atoms with Crippen LogP contribution in [-0.4, -0.2) is 49.5 Å². The van der Waals surface area contributed by atoms with Crippen molar-refractivity contribution in [3.63, 3.8) is 0 Å². The molecular weight excluding hydrogens is 268 g/mol. The molecule has 1 aliphatic heterocycles. The number of likely N-dealkylation sites (tertiary alicyclic amines) is 1. The summed E-state index contributed by atoms with van der Waals surface area (Å²) >= 11 is 1.78. The molecule has 2 rings (SSSR count). The Balaban J connectivity index is 1.95. The molecular formula is C15H26N4S. The van der Waals surface area contributed by atoms with E-state index in [1.807, 2.05) is 0 Å². The maximum absolute atomic E-state index is 6.16. The van der Waals surface area contributed by atoms with Crippen molar-refractivity contribution in [3.8, 4) is 0 Å². The summed E-state index contributed by atoms with van der Waals surface area (Å²) in [6, 6.07) is 4.58. The molecule has 0 amide bonds. The molecule has 0 bridgehead atoms. The van der Waals surface area contributed by atoms with Gasteiger partial charge in [0.1, 0.15) is 0 Å². The number of nitrogens with zero attached hydrogens (tertiary/aromatic N) is 3. The maximum Gasteiger partial charge on any atom is 0.191 e. The van der Waals surface area contributed by atoms with Crippen LogP contribution in [0.25, 0.3) is 0 Å². The van der Waals surface area contributed by atoms with E-state index in [2.05, 4.69) is 53.3 Å². The lowest BCUT2D eigenvalue weighted by Crippen LogP contribution is -2.42. The molecule has 1 aliphatic rings. The third-order valence-electron chi connectivity index (χ3n) is 4.03. The highest BCUT2D eigenvalue weighted by atomic mass is 32.1. The van der Waals surface area contributed by atoms with Crippen molar-refractivity contribution in [1.29, 1.82) is 0 Å². The lowest BCUT2D eigenvalue weighted by Gasteiger charge is -2.31. The van der Waals surface area contributed by atoms with Crippen LogP contribution in [0.1, 0.15) is 30.7 Å². The molecule has 5 heteroatoms. The van der Waals surface area contributed by atoms with Crippen LogP contribution in [0, 0.1) is 5.92 Å². The van der Waals surface area contributed by atoms with Gasteiger partial charge in [0.2, 0.25) is 0 Å². The van der Waals surface area contributed by atoms with Gasteiger partial charge in [-0.15, -0.1) is 11.3 Å². The van der Waals surface area contributed by atoms with Gasteiger partial charge in [0, 0.05) is 18.0 Å². The quantitative estimate of drug-likeness (QED) is 0.685. The van der Waals surface area contributed by atoms with Gasteiger partial charge in [0.05, 0.1) is 12.6 Å². The van der Waals surface area contributed by atoms with Gasteiger partial charge < -0.3 is 15.5 Å². The second-order valence-electron chi connectivity index (χ2n) is 5.86. The first-order valence-corrected chi connectivity index (χ1v) is 8.20. The Kier molecular flexibility index (Phi) is 5.43. The zero-order valence-corrected chi connectivity index (χ0v) is 13.6. The zero-order chi connectivity index (χ0) is 14.5. The molecule has 1 aromatic heterocycles. The van der Waals surface area contributed by atoms with Crippen LogP contribution in [0.3, 0.4) is 0 Å². The summed E-state index contributed by atoms with van der Waals surface area (Å²) in [5.41, 5.74) is 6.16. The van der Waals surface area contributed by atoms with Crippen LogP contribution in [-0.2, 0) is 0 Å². The Bertz CT molecular complexity index is 419. The molecule has 20 heavy (non-hydrogen) atoms. The van der Waals surface area contributed by atoms with Crippen LogP contribution < -0.4 is 5.73 Å². The lowest BCUT2D eigenvalue weighted by atomic mass is 10.00. The van der Waals surface area contributed by atoms with Crippen molar-refractivity contribution in [1.82, 2.24) is 9.80 Å². The minimum absolute atomic E-state index is 0.317. The van der Waals surface area contributed by atoms with E-state index in [1.165, 1.54) is 17.7 Å². The van der Waals surface area contributed by atoms with Crippen LogP contribution in [0.4, 0.5) is 0 Å². The number of piperidine rings is 1. The van der Waals surface area contributed by atoms with E-state index in [1.54, 1.807) is 11.3 Å². The van der Waals surface area contributed by atoms with E-state index in [4.69, 9.17) is 5.73 Å². The summed E-state index contributed by atoms with van der Waals surface area (Å²) in [5.74, 6) is 1.53. The summed E-state index contributed by atoms with van der Waals surface area (Å²) in [5, 5.41) is 2.12. The first-order valence-electron chi connectivity index (χ1n) is 7.32. The van der Waals surface area contributed by atoms with Crippen molar-refractivity contribution < 1.29 is 0 Å². The van der Waals surface area contributed by atoms with Gasteiger partial charge in [0.25, 0.3) is 0 Å². The van der Waals surface area contributed by atoms with Crippen molar-refractivity contribution >= 4 is 17.3 Å². The fraction of sp³-hybridized carbons (Fsp3) is 0.667. The Morgan fingerprint density at radius 1 is 1.50 bits per heavy atom. The Morgan fingerprint density at radius 3 is 2.75 bits per heavy atom. The van der Waals surface area contributed by atoms with E-state index in [0.717, 1.165) is 25.6 Å². The van der Waals surface area contributed by atoms with E-state index < -0.39 is 0 Å². The summed E-state index contributed by atoms with van der Waals surface area (Å²) in [4.78, 5) is 10.4. The fourth-order valence-electron chi connectivity index (χ4n) is 2.51. The molecule has 1 fully saturated rings. The zero-order valence-electron chi connectivity index (χ0n) is 12.7. The number of hydrogen-bond donors (Lipinski definition) is 1. The molecule has 4 nitrogen and oxygen atoms in total. The minimum Gasteiger partial charge on any atom is -0.370 e. The summed E-state index contributed by atoms with van der Waals surface area (Å²) in [7, 11) is 4.19. The summed E-state index contributed by atoms with van der Waals surface area (Å²) in [6.07, 6.45) is 2.44. The molecule has 0 radical (unpaired) electrons. The Morgan fingerprint density at radius 2 is 2.20 bits per heavy atom. The lowest BCUT2D eigenvalue weighted by molar-refractivity contribution is 0.274. The highest BCUT2D eigenvalue weighted by Gasteiger charge is 2.18. The molecule has 0 spiro atoms. The van der Waals surface area contributed by atoms with Gasteiger partial charge in [-0.3, -0.25) is 4.99 Å². The normalized spacial score (nSPS) is 19.6. The second kappa shape index (κ2) is 7.09. The molecule has 0 aromatic carbocycles. The van der Waals surface area contributed by atoms with Gasteiger partial charge in [-0.05, 0) is 44.3 Å². The SMILES string of the molecule is CC1CCN(C(N)=NCC(c2cccs2)N(C)C)CC1. The molecule has 1 atom stereocenters. The van der Waals surface area contributed by atoms with E-state index >= 15 is 0 Å². The number of likely N-dealkylation sites (N-methyl/N-ethyl adjacent to an activating group) is 1. The molecule has 1 unspecified atom stereocenters. The molecule has 1 saturated heterocycles. The highest BCUT2D eigenvalue weighted by molar-refractivity contribution is 7.10. The maximum atomic E-state index is 6.16. The Hall–Kier alpha value is -1.07. The number of nitrogens with two attached hydrogens (primary N) is 1. The highest BCUT2D eigenvalue weighted by Crippen LogP contribution is 2.23. The third kappa shape index (κ3) is 3.96. The first kappa shape index (κ1) is 15.3. The largest absolute Gasteiger partial charge is 0.370 e. The smallest absolute Gasteiger partial charge is 0.191 e. The Labute approximate surface area is 126 Å². The van der Waals surface area contributed by atoms with Crippen LogP contribution in [0.5, 0.6) is 0 Å². The second-order valence-corrected chi connectivity index (χ2v) is 6.84.